The molecule has 26 heavy (non-hydrogen) atoms. The van der Waals surface area contributed by atoms with Gasteiger partial charge in [0, 0.05) is 31.4 Å². The zero-order valence-corrected chi connectivity index (χ0v) is 15.1. The number of carbonyl (C=O) groups excluding carboxylic acids is 1. The number of carbonyl (C=O) groups is 1. The van der Waals surface area contributed by atoms with Crippen LogP contribution in [-0.2, 0) is 13.1 Å². The van der Waals surface area contributed by atoms with Crippen LogP contribution < -0.4 is 10.1 Å². The number of nitrogens with zero attached hydrogens (tertiary/aromatic N) is 2. The van der Waals surface area contributed by atoms with Crippen molar-refractivity contribution in [3.8, 4) is 5.88 Å². The molecule has 1 heterocycles. The van der Waals surface area contributed by atoms with Crippen molar-refractivity contribution in [3.05, 3.63) is 59.5 Å². The first-order valence-electron chi connectivity index (χ1n) is 8.92. The molecular weight excluding hydrogens is 333 g/mol. The Balaban J connectivity index is 1.55. The van der Waals surface area contributed by atoms with Crippen LogP contribution in [0.25, 0.3) is 0 Å². The first-order chi connectivity index (χ1) is 12.5. The fourth-order valence-corrected chi connectivity index (χ4v) is 2.65. The summed E-state index contributed by atoms with van der Waals surface area (Å²) in [5, 5.41) is 2.94. The molecule has 1 aromatic carbocycles. The molecule has 0 spiro atoms. The minimum atomic E-state index is -0.270. The molecule has 1 aliphatic rings. The number of nitrogens with one attached hydrogen (secondary N) is 1. The van der Waals surface area contributed by atoms with Crippen LogP contribution in [0.15, 0.2) is 42.6 Å². The molecule has 1 aromatic heterocycles. The number of hydrogen-bond donors (Lipinski definition) is 1. The minimum absolute atomic E-state index is 0.0756. The molecule has 3 rings (SSSR count). The summed E-state index contributed by atoms with van der Waals surface area (Å²) in [6.07, 6.45) is 3.81. The molecule has 0 bridgehead atoms. The lowest BCUT2D eigenvalue weighted by Gasteiger charge is -2.23. The number of aromatic nitrogens is 1. The quantitative estimate of drug-likeness (QED) is 0.818. The van der Waals surface area contributed by atoms with Gasteiger partial charge in [-0.1, -0.05) is 18.2 Å². The van der Waals surface area contributed by atoms with Crippen LogP contribution in [-0.4, -0.2) is 28.1 Å². The second-order valence-corrected chi connectivity index (χ2v) is 6.82. The molecule has 0 atom stereocenters. The molecule has 0 aliphatic heterocycles. The van der Waals surface area contributed by atoms with E-state index >= 15 is 0 Å². The third-order valence-corrected chi connectivity index (χ3v) is 4.11. The van der Waals surface area contributed by atoms with E-state index in [0.29, 0.717) is 19.0 Å². The van der Waals surface area contributed by atoms with Crippen LogP contribution in [0, 0.1) is 5.82 Å². The summed E-state index contributed by atoms with van der Waals surface area (Å²) in [6.45, 7) is 4.78. The number of urea groups is 1. The Bertz CT molecular complexity index is 728. The normalized spacial score (nSPS) is 13.5. The highest BCUT2D eigenvalue weighted by molar-refractivity contribution is 5.75. The van der Waals surface area contributed by atoms with E-state index < -0.39 is 0 Å². The topological polar surface area (TPSA) is 54.5 Å². The number of hydrogen-bond acceptors (Lipinski definition) is 3. The van der Waals surface area contributed by atoms with Gasteiger partial charge in [0.25, 0.3) is 0 Å². The van der Waals surface area contributed by atoms with E-state index in [1.54, 1.807) is 24.4 Å². The lowest BCUT2D eigenvalue weighted by molar-refractivity contribution is 0.191. The predicted octanol–water partition coefficient (Wildman–Crippen LogP) is 3.88. The van der Waals surface area contributed by atoms with Crippen LogP contribution in [0.3, 0.4) is 0 Å². The molecule has 1 N–H and O–H groups in total. The Morgan fingerprint density at radius 1 is 1.23 bits per heavy atom. The number of pyridine rings is 1. The van der Waals surface area contributed by atoms with E-state index in [-0.39, 0.29) is 24.0 Å². The molecule has 2 amide bonds. The molecule has 2 aromatic rings. The maximum Gasteiger partial charge on any atom is 0.318 e. The standard InChI is InChI=1S/C20H24FN3O2/c1-14(2)26-19-10-5-16(11-22-19)12-23-20(25)24(18-8-9-18)13-15-3-6-17(21)7-4-15/h3-7,10-11,14,18H,8-9,12-13H2,1-2H3,(H,23,25). The van der Waals surface area contributed by atoms with Crippen molar-refractivity contribution in [3.63, 3.8) is 0 Å². The largest absolute Gasteiger partial charge is 0.475 e. The predicted molar refractivity (Wildman–Crippen MR) is 97.2 cm³/mol. The van der Waals surface area contributed by atoms with E-state index in [1.807, 2.05) is 24.8 Å². The second-order valence-electron chi connectivity index (χ2n) is 6.82. The van der Waals surface area contributed by atoms with Gasteiger partial charge in [0.15, 0.2) is 0 Å². The Hall–Kier alpha value is -2.63. The number of benzene rings is 1. The molecule has 1 saturated carbocycles. The maximum atomic E-state index is 13.1. The molecule has 0 unspecified atom stereocenters. The molecule has 1 fully saturated rings. The van der Waals surface area contributed by atoms with E-state index in [2.05, 4.69) is 10.3 Å². The van der Waals surface area contributed by atoms with Gasteiger partial charge in [-0.2, -0.15) is 0 Å². The summed E-state index contributed by atoms with van der Waals surface area (Å²) in [7, 11) is 0. The van der Waals surface area contributed by atoms with Crippen molar-refractivity contribution in [2.24, 2.45) is 0 Å². The SMILES string of the molecule is CC(C)Oc1ccc(CNC(=O)N(Cc2ccc(F)cc2)C2CC2)cn1. The van der Waals surface area contributed by atoms with E-state index in [9.17, 15) is 9.18 Å². The Morgan fingerprint density at radius 2 is 1.92 bits per heavy atom. The summed E-state index contributed by atoms with van der Waals surface area (Å²) in [4.78, 5) is 18.6. The van der Waals surface area contributed by atoms with Gasteiger partial charge in [-0.05, 0) is 49.9 Å². The Kier molecular flexibility index (Phi) is 5.71. The monoisotopic (exact) mass is 357 g/mol. The molecule has 6 heteroatoms. The lowest BCUT2D eigenvalue weighted by atomic mass is 10.2. The third kappa shape index (κ3) is 5.18. The van der Waals surface area contributed by atoms with Gasteiger partial charge in [-0.25, -0.2) is 14.2 Å². The molecule has 138 valence electrons. The van der Waals surface area contributed by atoms with Crippen LogP contribution in [0.1, 0.15) is 37.8 Å². The van der Waals surface area contributed by atoms with Crippen molar-refractivity contribution >= 4 is 6.03 Å². The fraction of sp³-hybridized carbons (Fsp3) is 0.400. The Labute approximate surface area is 153 Å². The fourth-order valence-electron chi connectivity index (χ4n) is 2.65. The smallest absolute Gasteiger partial charge is 0.318 e. The minimum Gasteiger partial charge on any atom is -0.475 e. The summed E-state index contributed by atoms with van der Waals surface area (Å²) in [6, 6.07) is 10.1. The summed E-state index contributed by atoms with van der Waals surface area (Å²) in [5.74, 6) is 0.305. The molecule has 5 nitrogen and oxygen atoms in total. The zero-order chi connectivity index (χ0) is 18.5. The van der Waals surface area contributed by atoms with Crippen LogP contribution in [0.2, 0.25) is 0 Å². The average molecular weight is 357 g/mol. The van der Waals surface area contributed by atoms with Gasteiger partial charge >= 0.3 is 6.03 Å². The molecule has 0 radical (unpaired) electrons. The van der Waals surface area contributed by atoms with Gasteiger partial charge < -0.3 is 15.0 Å². The number of halogens is 1. The van der Waals surface area contributed by atoms with Crippen molar-refractivity contribution < 1.29 is 13.9 Å². The third-order valence-electron chi connectivity index (χ3n) is 4.11. The van der Waals surface area contributed by atoms with Gasteiger partial charge in [-0.3, -0.25) is 0 Å². The van der Waals surface area contributed by atoms with E-state index in [4.69, 9.17) is 4.74 Å². The molecule has 0 saturated heterocycles. The average Bonchev–Trinajstić information content (AvgIpc) is 3.45. The van der Waals surface area contributed by atoms with Gasteiger partial charge in [0.1, 0.15) is 5.82 Å². The first-order valence-corrected chi connectivity index (χ1v) is 8.92. The highest BCUT2D eigenvalue weighted by atomic mass is 19.1. The lowest BCUT2D eigenvalue weighted by Crippen LogP contribution is -2.40. The van der Waals surface area contributed by atoms with Crippen LogP contribution in [0.5, 0.6) is 5.88 Å². The van der Waals surface area contributed by atoms with Crippen LogP contribution in [0.4, 0.5) is 9.18 Å². The van der Waals surface area contributed by atoms with Crippen LogP contribution >= 0.6 is 0 Å². The molecular formula is C20H24FN3O2. The van der Waals surface area contributed by atoms with Crippen molar-refractivity contribution in [2.75, 3.05) is 0 Å². The highest BCUT2D eigenvalue weighted by Gasteiger charge is 2.32. The summed E-state index contributed by atoms with van der Waals surface area (Å²) >= 11 is 0. The van der Waals surface area contributed by atoms with Crippen molar-refractivity contribution in [1.82, 2.24) is 15.2 Å². The summed E-state index contributed by atoms with van der Waals surface area (Å²) in [5.41, 5.74) is 1.83. The molecule has 1 aliphatic carbocycles. The van der Waals surface area contributed by atoms with Gasteiger partial charge in [0.05, 0.1) is 6.10 Å². The zero-order valence-electron chi connectivity index (χ0n) is 15.1. The highest BCUT2D eigenvalue weighted by Crippen LogP contribution is 2.28. The van der Waals surface area contributed by atoms with Crippen molar-refractivity contribution in [2.45, 2.75) is 51.9 Å². The Morgan fingerprint density at radius 3 is 2.50 bits per heavy atom. The van der Waals surface area contributed by atoms with Crippen molar-refractivity contribution in [1.29, 1.82) is 0 Å². The van der Waals surface area contributed by atoms with E-state index in [0.717, 1.165) is 24.0 Å². The van der Waals surface area contributed by atoms with E-state index in [1.165, 1.54) is 12.1 Å². The second kappa shape index (κ2) is 8.17. The first kappa shape index (κ1) is 18.2. The van der Waals surface area contributed by atoms with Gasteiger partial charge in [-0.15, -0.1) is 0 Å². The number of amides is 2. The number of rotatable bonds is 7. The maximum absolute atomic E-state index is 13.1. The van der Waals surface area contributed by atoms with Gasteiger partial charge in [0.2, 0.25) is 5.88 Å². The number of ether oxygens (including phenoxy) is 1. The summed E-state index contributed by atoms with van der Waals surface area (Å²) < 4.78 is 18.6.